The molecule has 0 aliphatic carbocycles. The molecule has 0 bridgehead atoms. The lowest BCUT2D eigenvalue weighted by molar-refractivity contribution is -0.130. The number of hydrogen-bond donors (Lipinski definition) is 0. The molecular weight excluding hydrogens is 408 g/mol. The van der Waals surface area contributed by atoms with Gasteiger partial charge in [-0.3, -0.25) is 0 Å². The first kappa shape index (κ1) is 16.1. The number of halogens is 2. The predicted molar refractivity (Wildman–Crippen MR) is 98.5 cm³/mol. The number of ether oxygens (including phenoxy) is 1. The number of aliphatic imine (C=N–C) groups is 1. The molecule has 0 atom stereocenters. The van der Waals surface area contributed by atoms with E-state index in [2.05, 4.69) is 25.9 Å². The summed E-state index contributed by atoms with van der Waals surface area (Å²) in [5.41, 5.74) is 2.62. The van der Waals surface area contributed by atoms with Gasteiger partial charge in [-0.1, -0.05) is 23.7 Å². The predicted octanol–water partition coefficient (Wildman–Crippen LogP) is 4.90. The Kier molecular flexibility index (Phi) is 3.94. The van der Waals surface area contributed by atoms with E-state index in [1.54, 1.807) is 18.2 Å². The number of furan rings is 1. The van der Waals surface area contributed by atoms with E-state index >= 15 is 0 Å². The molecule has 2 aromatic heterocycles. The van der Waals surface area contributed by atoms with E-state index in [0.717, 1.165) is 16.5 Å². The summed E-state index contributed by atoms with van der Waals surface area (Å²) in [6.45, 7) is 1.99. The summed E-state index contributed by atoms with van der Waals surface area (Å²) < 4.78 is 11.0. The van der Waals surface area contributed by atoms with Gasteiger partial charge in [-0.2, -0.15) is 0 Å². The van der Waals surface area contributed by atoms with Crippen molar-refractivity contribution in [3.8, 4) is 0 Å². The van der Waals surface area contributed by atoms with Crippen molar-refractivity contribution in [2.45, 2.75) is 6.92 Å². The number of carbonyl (C=O) groups is 1. The molecule has 0 amide bonds. The lowest BCUT2D eigenvalue weighted by Crippen LogP contribution is -2.04. The van der Waals surface area contributed by atoms with Gasteiger partial charge in [0.1, 0.15) is 5.15 Å². The molecule has 124 valence electrons. The number of aryl methyl sites for hydroxylation is 1. The number of hydrogen-bond acceptors (Lipinski definition) is 5. The second kappa shape index (κ2) is 6.13. The van der Waals surface area contributed by atoms with Crippen molar-refractivity contribution in [3.63, 3.8) is 0 Å². The van der Waals surface area contributed by atoms with Crippen LogP contribution in [0.2, 0.25) is 5.15 Å². The third-order valence-electron chi connectivity index (χ3n) is 3.65. The zero-order valence-electron chi connectivity index (χ0n) is 12.9. The standard InChI is InChI=1S/C18H10BrClN2O3/c1-9-2-3-10-7-11(16(20)21-12(10)6-9)8-13-18(23)25-17(22-13)14-4-5-15(19)24-14/h2-8H,1H3. The Balaban J connectivity index is 1.76. The van der Waals surface area contributed by atoms with Gasteiger partial charge < -0.3 is 9.15 Å². The monoisotopic (exact) mass is 416 g/mol. The Bertz CT molecular complexity index is 1090. The molecule has 7 heteroatoms. The molecule has 4 rings (SSSR count). The highest BCUT2D eigenvalue weighted by molar-refractivity contribution is 9.10. The molecule has 0 spiro atoms. The zero-order chi connectivity index (χ0) is 17.6. The fraction of sp³-hybridized carbons (Fsp3) is 0.0556. The number of rotatable bonds is 2. The van der Waals surface area contributed by atoms with E-state index in [-0.39, 0.29) is 11.6 Å². The number of carbonyl (C=O) groups excluding carboxylic acids is 1. The number of nitrogens with zero attached hydrogens (tertiary/aromatic N) is 2. The van der Waals surface area contributed by atoms with Crippen LogP contribution < -0.4 is 0 Å². The first-order chi connectivity index (χ1) is 12.0. The number of benzene rings is 1. The van der Waals surface area contributed by atoms with E-state index in [0.29, 0.717) is 21.1 Å². The maximum Gasteiger partial charge on any atom is 0.363 e. The Morgan fingerprint density at radius 1 is 1.20 bits per heavy atom. The maximum absolute atomic E-state index is 12.1. The first-order valence-electron chi connectivity index (χ1n) is 7.35. The van der Waals surface area contributed by atoms with Gasteiger partial charge in [0.05, 0.1) is 5.52 Å². The minimum atomic E-state index is -0.567. The van der Waals surface area contributed by atoms with Gasteiger partial charge in [0.15, 0.2) is 16.1 Å². The number of aromatic nitrogens is 1. The van der Waals surface area contributed by atoms with E-state index in [1.807, 2.05) is 31.2 Å². The molecule has 3 heterocycles. The number of fused-ring (bicyclic) bond motifs is 1. The molecule has 1 aliphatic heterocycles. The van der Waals surface area contributed by atoms with Gasteiger partial charge >= 0.3 is 5.97 Å². The van der Waals surface area contributed by atoms with Crippen LogP contribution in [0.5, 0.6) is 0 Å². The summed E-state index contributed by atoms with van der Waals surface area (Å²) in [6, 6.07) is 11.1. The number of cyclic esters (lactones) is 1. The maximum atomic E-state index is 12.1. The molecule has 1 aromatic carbocycles. The van der Waals surface area contributed by atoms with Crippen molar-refractivity contribution in [2.24, 2.45) is 4.99 Å². The molecule has 0 N–H and O–H groups in total. The molecular formula is C18H10BrClN2O3. The Morgan fingerprint density at radius 2 is 2.04 bits per heavy atom. The summed E-state index contributed by atoms with van der Waals surface area (Å²) in [6.07, 6.45) is 1.56. The minimum Gasteiger partial charge on any atom is -0.444 e. The first-order valence-corrected chi connectivity index (χ1v) is 8.52. The molecule has 3 aromatic rings. The zero-order valence-corrected chi connectivity index (χ0v) is 15.3. The van der Waals surface area contributed by atoms with Crippen molar-refractivity contribution in [3.05, 3.63) is 68.8 Å². The number of pyridine rings is 1. The average molecular weight is 418 g/mol. The summed E-state index contributed by atoms with van der Waals surface area (Å²) in [5, 5.41) is 1.22. The van der Waals surface area contributed by atoms with E-state index < -0.39 is 5.97 Å². The molecule has 0 saturated heterocycles. The van der Waals surface area contributed by atoms with Crippen LogP contribution in [0.1, 0.15) is 16.9 Å². The van der Waals surface area contributed by atoms with Crippen LogP contribution in [0.25, 0.3) is 17.0 Å². The highest BCUT2D eigenvalue weighted by atomic mass is 79.9. The smallest absolute Gasteiger partial charge is 0.363 e. The van der Waals surface area contributed by atoms with Gasteiger partial charge in [-0.05, 0) is 58.8 Å². The van der Waals surface area contributed by atoms with Crippen molar-refractivity contribution >= 4 is 56.4 Å². The molecule has 0 radical (unpaired) electrons. The third kappa shape index (κ3) is 3.10. The van der Waals surface area contributed by atoms with Gasteiger partial charge in [0.2, 0.25) is 0 Å². The topological polar surface area (TPSA) is 64.7 Å². The van der Waals surface area contributed by atoms with Crippen LogP contribution in [-0.2, 0) is 9.53 Å². The fourth-order valence-electron chi connectivity index (χ4n) is 2.46. The summed E-state index contributed by atoms with van der Waals surface area (Å²) in [7, 11) is 0. The fourth-order valence-corrected chi connectivity index (χ4v) is 2.97. The largest absolute Gasteiger partial charge is 0.444 e. The Labute approximate surface area is 156 Å². The highest BCUT2D eigenvalue weighted by Crippen LogP contribution is 2.26. The van der Waals surface area contributed by atoms with Crippen molar-refractivity contribution in [1.29, 1.82) is 0 Å². The highest BCUT2D eigenvalue weighted by Gasteiger charge is 2.26. The second-order valence-corrected chi connectivity index (χ2v) is 6.64. The van der Waals surface area contributed by atoms with E-state index in [4.69, 9.17) is 20.8 Å². The van der Waals surface area contributed by atoms with Crippen molar-refractivity contribution < 1.29 is 13.9 Å². The van der Waals surface area contributed by atoms with Crippen molar-refractivity contribution in [1.82, 2.24) is 4.98 Å². The molecule has 5 nitrogen and oxygen atoms in total. The number of esters is 1. The Morgan fingerprint density at radius 3 is 2.80 bits per heavy atom. The lowest BCUT2D eigenvalue weighted by atomic mass is 10.1. The van der Waals surface area contributed by atoms with E-state index in [1.165, 1.54) is 0 Å². The summed E-state index contributed by atoms with van der Waals surface area (Å²) in [4.78, 5) is 20.6. The minimum absolute atomic E-state index is 0.113. The van der Waals surface area contributed by atoms with Gasteiger partial charge in [0.25, 0.3) is 5.90 Å². The molecule has 25 heavy (non-hydrogen) atoms. The average Bonchev–Trinajstić information content (AvgIpc) is 3.15. The molecule has 0 fully saturated rings. The van der Waals surface area contributed by atoms with Gasteiger partial charge in [-0.25, -0.2) is 14.8 Å². The van der Waals surface area contributed by atoms with Crippen LogP contribution in [0.3, 0.4) is 0 Å². The molecule has 0 saturated carbocycles. The van der Waals surface area contributed by atoms with Crippen LogP contribution >= 0.6 is 27.5 Å². The molecule has 1 aliphatic rings. The normalized spacial score (nSPS) is 15.7. The quantitative estimate of drug-likeness (QED) is 0.338. The summed E-state index contributed by atoms with van der Waals surface area (Å²) in [5.74, 6) is -0.0909. The molecule has 0 unspecified atom stereocenters. The van der Waals surface area contributed by atoms with Crippen LogP contribution in [0, 0.1) is 6.92 Å². The SMILES string of the molecule is Cc1ccc2cc(C=C3N=C(c4ccc(Br)o4)OC3=O)c(Cl)nc2c1. The van der Waals surface area contributed by atoms with Gasteiger partial charge in [0, 0.05) is 10.9 Å². The second-order valence-electron chi connectivity index (χ2n) is 5.50. The lowest BCUT2D eigenvalue weighted by Gasteiger charge is -2.03. The summed E-state index contributed by atoms with van der Waals surface area (Å²) >= 11 is 9.46. The van der Waals surface area contributed by atoms with E-state index in [9.17, 15) is 4.79 Å². The van der Waals surface area contributed by atoms with Crippen LogP contribution in [-0.4, -0.2) is 16.9 Å². The van der Waals surface area contributed by atoms with Crippen LogP contribution in [0.4, 0.5) is 0 Å². The Hall–Kier alpha value is -2.44. The van der Waals surface area contributed by atoms with Gasteiger partial charge in [-0.15, -0.1) is 0 Å². The third-order valence-corrected chi connectivity index (χ3v) is 4.38. The van der Waals surface area contributed by atoms with Crippen LogP contribution in [0.15, 0.2) is 56.2 Å². The van der Waals surface area contributed by atoms with Crippen molar-refractivity contribution in [2.75, 3.05) is 0 Å².